The summed E-state index contributed by atoms with van der Waals surface area (Å²) in [5, 5.41) is 11.6. The third-order valence-electron chi connectivity index (χ3n) is 4.15. The summed E-state index contributed by atoms with van der Waals surface area (Å²) in [5.74, 6) is 0.185. The van der Waals surface area contributed by atoms with E-state index in [2.05, 4.69) is 16.3 Å². The third-order valence-corrected chi connectivity index (χ3v) is 4.15. The van der Waals surface area contributed by atoms with Gasteiger partial charge in [0.2, 0.25) is 5.91 Å². The van der Waals surface area contributed by atoms with Gasteiger partial charge in [0.05, 0.1) is 6.07 Å². The van der Waals surface area contributed by atoms with Gasteiger partial charge in [0.1, 0.15) is 0 Å². The number of hydrogen-bond acceptors (Lipinski definition) is 4. The highest BCUT2D eigenvalue weighted by Crippen LogP contribution is 2.21. The highest BCUT2D eigenvalue weighted by molar-refractivity contribution is 5.92. The van der Waals surface area contributed by atoms with E-state index in [9.17, 15) is 4.79 Å². The lowest BCUT2D eigenvalue weighted by molar-refractivity contribution is -0.121. The van der Waals surface area contributed by atoms with Crippen LogP contribution in [0.15, 0.2) is 24.3 Å². The Balaban J connectivity index is 1.82. The number of carbonyl (C=O) groups is 1. The maximum atomic E-state index is 12.3. The Kier molecular flexibility index (Phi) is 5.79. The van der Waals surface area contributed by atoms with Crippen LogP contribution in [0.1, 0.15) is 19.3 Å². The number of benzene rings is 1. The van der Waals surface area contributed by atoms with E-state index in [1.165, 1.54) is 0 Å². The quantitative estimate of drug-likeness (QED) is 0.906. The molecular weight excluding hydrogens is 276 g/mol. The Morgan fingerprint density at radius 3 is 2.50 bits per heavy atom. The minimum Gasteiger partial charge on any atom is -0.378 e. The van der Waals surface area contributed by atoms with Crippen LogP contribution in [0.5, 0.6) is 0 Å². The molecule has 1 fully saturated rings. The van der Waals surface area contributed by atoms with Gasteiger partial charge in [-0.25, -0.2) is 0 Å². The van der Waals surface area contributed by atoms with Crippen LogP contribution >= 0.6 is 0 Å². The SMILES string of the molecule is CN(C)c1ccc(NC(=O)C2CCN(CCC#N)CC2)cc1. The largest absolute Gasteiger partial charge is 0.378 e. The second kappa shape index (κ2) is 7.81. The van der Waals surface area contributed by atoms with Gasteiger partial charge in [0, 0.05) is 44.4 Å². The molecule has 118 valence electrons. The fourth-order valence-corrected chi connectivity index (χ4v) is 2.71. The van der Waals surface area contributed by atoms with Crippen molar-refractivity contribution in [3.63, 3.8) is 0 Å². The van der Waals surface area contributed by atoms with Crippen LogP contribution < -0.4 is 10.2 Å². The summed E-state index contributed by atoms with van der Waals surface area (Å²) in [5.41, 5.74) is 1.96. The molecule has 1 aromatic rings. The molecule has 2 rings (SSSR count). The van der Waals surface area contributed by atoms with Crippen LogP contribution in [-0.4, -0.2) is 44.5 Å². The predicted molar refractivity (Wildman–Crippen MR) is 88.8 cm³/mol. The van der Waals surface area contributed by atoms with Crippen LogP contribution in [0.2, 0.25) is 0 Å². The van der Waals surface area contributed by atoms with Crippen LogP contribution in [0.3, 0.4) is 0 Å². The molecule has 0 radical (unpaired) electrons. The monoisotopic (exact) mass is 300 g/mol. The van der Waals surface area contributed by atoms with Crippen molar-refractivity contribution in [2.75, 3.05) is 43.9 Å². The van der Waals surface area contributed by atoms with E-state index in [1.54, 1.807) is 0 Å². The topological polar surface area (TPSA) is 59.4 Å². The molecule has 0 unspecified atom stereocenters. The van der Waals surface area contributed by atoms with Crippen molar-refractivity contribution in [2.24, 2.45) is 5.92 Å². The summed E-state index contributed by atoms with van der Waals surface area (Å²) in [7, 11) is 3.99. The molecule has 1 N–H and O–H groups in total. The minimum absolute atomic E-state index is 0.0758. The zero-order valence-corrected chi connectivity index (χ0v) is 13.4. The molecule has 1 aliphatic heterocycles. The van der Waals surface area contributed by atoms with Gasteiger partial charge >= 0.3 is 0 Å². The van der Waals surface area contributed by atoms with Gasteiger partial charge in [-0.05, 0) is 50.2 Å². The molecule has 0 atom stereocenters. The van der Waals surface area contributed by atoms with Crippen LogP contribution in [0.25, 0.3) is 0 Å². The Bertz CT molecular complexity index is 525. The second-order valence-corrected chi connectivity index (χ2v) is 5.95. The summed E-state index contributed by atoms with van der Waals surface area (Å²) >= 11 is 0. The maximum absolute atomic E-state index is 12.3. The normalized spacial score (nSPS) is 16.0. The number of carbonyl (C=O) groups excluding carboxylic acids is 1. The van der Waals surface area contributed by atoms with E-state index in [1.807, 2.05) is 43.3 Å². The first-order valence-electron chi connectivity index (χ1n) is 7.77. The van der Waals surface area contributed by atoms with Gasteiger partial charge in [-0.2, -0.15) is 5.26 Å². The maximum Gasteiger partial charge on any atom is 0.227 e. The summed E-state index contributed by atoms with van der Waals surface area (Å²) in [6, 6.07) is 10.0. The summed E-state index contributed by atoms with van der Waals surface area (Å²) in [4.78, 5) is 16.6. The summed E-state index contributed by atoms with van der Waals surface area (Å²) < 4.78 is 0. The number of nitrogens with zero attached hydrogens (tertiary/aromatic N) is 3. The second-order valence-electron chi connectivity index (χ2n) is 5.95. The van der Waals surface area contributed by atoms with Crippen LogP contribution in [0.4, 0.5) is 11.4 Å². The number of piperidine rings is 1. The summed E-state index contributed by atoms with van der Waals surface area (Å²) in [6.45, 7) is 2.62. The summed E-state index contributed by atoms with van der Waals surface area (Å²) in [6.07, 6.45) is 2.30. The van der Waals surface area contributed by atoms with E-state index in [0.717, 1.165) is 43.9 Å². The fourth-order valence-electron chi connectivity index (χ4n) is 2.71. The molecule has 1 amide bonds. The van der Waals surface area contributed by atoms with Gasteiger partial charge in [-0.15, -0.1) is 0 Å². The Morgan fingerprint density at radius 2 is 1.95 bits per heavy atom. The van der Waals surface area contributed by atoms with Gasteiger partial charge in [0.25, 0.3) is 0 Å². The molecule has 0 spiro atoms. The minimum atomic E-state index is 0.0758. The van der Waals surface area contributed by atoms with Crippen molar-refractivity contribution < 1.29 is 4.79 Å². The zero-order valence-electron chi connectivity index (χ0n) is 13.4. The Labute approximate surface area is 132 Å². The number of anilines is 2. The molecule has 0 saturated carbocycles. The van der Waals surface area contributed by atoms with Crippen molar-refractivity contribution in [1.82, 2.24) is 4.90 Å². The van der Waals surface area contributed by atoms with Crippen molar-refractivity contribution in [3.05, 3.63) is 24.3 Å². The van der Waals surface area contributed by atoms with E-state index in [4.69, 9.17) is 5.26 Å². The van der Waals surface area contributed by atoms with Crippen molar-refractivity contribution in [2.45, 2.75) is 19.3 Å². The van der Waals surface area contributed by atoms with E-state index in [0.29, 0.717) is 6.42 Å². The molecule has 1 heterocycles. The Hall–Kier alpha value is -2.06. The number of likely N-dealkylation sites (tertiary alicyclic amines) is 1. The first-order valence-corrected chi connectivity index (χ1v) is 7.77. The molecule has 5 nitrogen and oxygen atoms in total. The molecule has 0 bridgehead atoms. The van der Waals surface area contributed by atoms with Gasteiger partial charge in [-0.3, -0.25) is 4.79 Å². The van der Waals surface area contributed by atoms with Gasteiger partial charge in [0.15, 0.2) is 0 Å². The molecule has 1 aromatic carbocycles. The van der Waals surface area contributed by atoms with Crippen LogP contribution in [-0.2, 0) is 4.79 Å². The van der Waals surface area contributed by atoms with E-state index < -0.39 is 0 Å². The number of amides is 1. The highest BCUT2D eigenvalue weighted by Gasteiger charge is 2.24. The number of nitriles is 1. The lowest BCUT2D eigenvalue weighted by Gasteiger charge is -2.30. The van der Waals surface area contributed by atoms with Gasteiger partial charge < -0.3 is 15.1 Å². The molecule has 22 heavy (non-hydrogen) atoms. The standard InChI is InChI=1S/C17H24N4O/c1-20(2)16-6-4-15(5-7-16)19-17(22)14-8-12-21(13-9-14)11-3-10-18/h4-7,14H,3,8-9,11-13H2,1-2H3,(H,19,22). The highest BCUT2D eigenvalue weighted by atomic mass is 16.1. The predicted octanol–water partition coefficient (Wildman–Crippen LogP) is 2.32. The lowest BCUT2D eigenvalue weighted by atomic mass is 9.95. The first-order chi connectivity index (χ1) is 10.6. The lowest BCUT2D eigenvalue weighted by Crippen LogP contribution is -2.38. The van der Waals surface area contributed by atoms with Crippen molar-refractivity contribution in [1.29, 1.82) is 5.26 Å². The molecule has 1 saturated heterocycles. The fraction of sp³-hybridized carbons (Fsp3) is 0.529. The number of nitrogens with one attached hydrogen (secondary N) is 1. The molecule has 1 aliphatic rings. The number of rotatable bonds is 5. The average molecular weight is 300 g/mol. The smallest absolute Gasteiger partial charge is 0.227 e. The molecule has 0 aliphatic carbocycles. The van der Waals surface area contributed by atoms with Crippen LogP contribution in [0, 0.1) is 17.2 Å². The van der Waals surface area contributed by atoms with Crippen molar-refractivity contribution >= 4 is 17.3 Å². The van der Waals surface area contributed by atoms with E-state index >= 15 is 0 Å². The first kappa shape index (κ1) is 16.3. The molecule has 5 heteroatoms. The molecule has 0 aromatic heterocycles. The van der Waals surface area contributed by atoms with Gasteiger partial charge in [-0.1, -0.05) is 0 Å². The zero-order chi connectivity index (χ0) is 15.9. The third kappa shape index (κ3) is 4.47. The van der Waals surface area contributed by atoms with Crippen molar-refractivity contribution in [3.8, 4) is 6.07 Å². The Morgan fingerprint density at radius 1 is 1.32 bits per heavy atom. The molecular formula is C17H24N4O. The average Bonchev–Trinajstić information content (AvgIpc) is 2.54. The number of hydrogen-bond donors (Lipinski definition) is 1. The van der Waals surface area contributed by atoms with E-state index in [-0.39, 0.29) is 11.8 Å².